The predicted molar refractivity (Wildman–Crippen MR) is 200 cm³/mol. The van der Waals surface area contributed by atoms with Gasteiger partial charge in [0.15, 0.2) is 0 Å². The van der Waals surface area contributed by atoms with E-state index in [2.05, 4.69) is 164 Å². The van der Waals surface area contributed by atoms with Crippen LogP contribution in [0, 0.1) is 5.92 Å². The van der Waals surface area contributed by atoms with Gasteiger partial charge in [-0.1, -0.05) is 127 Å². The Morgan fingerprint density at radius 3 is 1.67 bits per heavy atom. The van der Waals surface area contributed by atoms with Crippen molar-refractivity contribution in [3.63, 3.8) is 0 Å². The van der Waals surface area contributed by atoms with Gasteiger partial charge in [-0.05, 0) is 88.2 Å². The van der Waals surface area contributed by atoms with E-state index in [1.54, 1.807) is 0 Å². The van der Waals surface area contributed by atoms with E-state index in [0.29, 0.717) is 0 Å². The van der Waals surface area contributed by atoms with E-state index in [4.69, 9.17) is 15.0 Å². The molecule has 0 saturated heterocycles. The molecule has 2 atom stereocenters. The highest BCUT2D eigenvalue weighted by Crippen LogP contribution is 2.41. The highest BCUT2D eigenvalue weighted by atomic mass is 14.8. The predicted octanol–water partition coefficient (Wildman–Crippen LogP) is 10.9. The van der Waals surface area contributed by atoms with Crippen molar-refractivity contribution < 1.29 is 0 Å². The maximum absolute atomic E-state index is 5.16. The normalized spacial score (nSPS) is 17.3. The summed E-state index contributed by atoms with van der Waals surface area (Å²) in [5.74, 6) is 0.194. The zero-order chi connectivity index (χ0) is 32.1. The number of allylic oxidation sites excluding steroid dienone is 4. The van der Waals surface area contributed by atoms with Crippen LogP contribution in [0.5, 0.6) is 0 Å². The molecule has 3 heteroatoms. The number of pyridine rings is 2. The third-order valence-electron chi connectivity index (χ3n) is 9.30. The van der Waals surface area contributed by atoms with Crippen LogP contribution in [0.4, 0.5) is 0 Å². The summed E-state index contributed by atoms with van der Waals surface area (Å²) < 4.78 is 0. The number of hydrogen-bond acceptors (Lipinski definition) is 3. The van der Waals surface area contributed by atoms with E-state index in [1.807, 2.05) is 12.4 Å². The molecular formula is C45H35N3. The summed E-state index contributed by atoms with van der Waals surface area (Å²) in [6.07, 6.45) is 12.6. The first-order chi connectivity index (χ1) is 23.8. The molecule has 0 saturated carbocycles. The molecule has 4 aromatic carbocycles. The van der Waals surface area contributed by atoms with Gasteiger partial charge in [-0.3, -0.25) is 9.98 Å². The first-order valence-corrected chi connectivity index (χ1v) is 16.6. The molecule has 1 aliphatic heterocycles. The van der Waals surface area contributed by atoms with Gasteiger partial charge in [-0.25, -0.2) is 4.98 Å². The van der Waals surface area contributed by atoms with E-state index in [0.717, 1.165) is 52.2 Å². The van der Waals surface area contributed by atoms with Crippen molar-refractivity contribution in [2.24, 2.45) is 10.9 Å². The molecular weight excluding hydrogens is 583 g/mol. The molecule has 0 N–H and O–H groups in total. The van der Waals surface area contributed by atoms with Crippen LogP contribution in [0.3, 0.4) is 0 Å². The summed E-state index contributed by atoms with van der Waals surface area (Å²) in [6, 6.07) is 51.1. The van der Waals surface area contributed by atoms with E-state index in [9.17, 15) is 0 Å². The Morgan fingerprint density at radius 2 is 1.04 bits per heavy atom. The summed E-state index contributed by atoms with van der Waals surface area (Å²) in [5, 5.41) is 0. The molecule has 0 spiro atoms. The molecule has 0 bridgehead atoms. The smallest absolute Gasteiger partial charge is 0.0715 e. The quantitative estimate of drug-likeness (QED) is 0.179. The van der Waals surface area contributed by atoms with Crippen LogP contribution >= 0.6 is 0 Å². The minimum Gasteiger partial charge on any atom is -0.289 e. The average molecular weight is 618 g/mol. The van der Waals surface area contributed by atoms with Crippen LogP contribution in [0.1, 0.15) is 29.7 Å². The highest BCUT2D eigenvalue weighted by molar-refractivity contribution is 5.89. The minimum absolute atomic E-state index is 0.116. The monoisotopic (exact) mass is 617 g/mol. The van der Waals surface area contributed by atoms with Crippen molar-refractivity contribution in [1.29, 1.82) is 0 Å². The molecule has 48 heavy (non-hydrogen) atoms. The molecule has 3 nitrogen and oxygen atoms in total. The van der Waals surface area contributed by atoms with Gasteiger partial charge >= 0.3 is 0 Å². The molecule has 0 amide bonds. The first-order valence-electron chi connectivity index (χ1n) is 16.6. The lowest BCUT2D eigenvalue weighted by Gasteiger charge is -2.29. The molecule has 2 aromatic heterocycles. The Bertz CT molecular complexity index is 2100. The van der Waals surface area contributed by atoms with Crippen LogP contribution in [0.15, 0.2) is 175 Å². The van der Waals surface area contributed by atoms with Crippen molar-refractivity contribution in [3.05, 3.63) is 187 Å². The fraction of sp³-hybridized carbons (Fsp3) is 0.0889. The van der Waals surface area contributed by atoms with Gasteiger partial charge in [0, 0.05) is 29.5 Å². The molecule has 3 heterocycles. The number of aliphatic imine (C=N–C) groups is 1. The lowest BCUT2D eigenvalue weighted by atomic mass is 9.79. The van der Waals surface area contributed by atoms with Crippen LogP contribution in [-0.4, -0.2) is 22.2 Å². The number of benzene rings is 4. The van der Waals surface area contributed by atoms with Crippen LogP contribution < -0.4 is 0 Å². The van der Waals surface area contributed by atoms with E-state index in [1.165, 1.54) is 27.8 Å². The van der Waals surface area contributed by atoms with Crippen molar-refractivity contribution in [2.75, 3.05) is 0 Å². The Morgan fingerprint density at radius 1 is 0.479 bits per heavy atom. The number of dihydropyridines is 1. The van der Waals surface area contributed by atoms with Gasteiger partial charge in [-0.2, -0.15) is 0 Å². The third-order valence-corrected chi connectivity index (χ3v) is 9.30. The molecule has 6 aromatic rings. The Balaban J connectivity index is 1.23. The van der Waals surface area contributed by atoms with Crippen LogP contribution in [0.25, 0.3) is 50.4 Å². The van der Waals surface area contributed by atoms with Crippen LogP contribution in [0.2, 0.25) is 0 Å². The van der Waals surface area contributed by atoms with E-state index in [-0.39, 0.29) is 12.0 Å². The van der Waals surface area contributed by atoms with Gasteiger partial charge in [-0.15, -0.1) is 0 Å². The average Bonchev–Trinajstić information content (AvgIpc) is 3.19. The number of hydrogen-bond donors (Lipinski definition) is 0. The van der Waals surface area contributed by atoms with E-state index < -0.39 is 0 Å². The lowest BCUT2D eigenvalue weighted by Crippen LogP contribution is -2.22. The number of rotatable bonds is 7. The summed E-state index contributed by atoms with van der Waals surface area (Å²) in [4.78, 5) is 15.1. The zero-order valence-electron chi connectivity index (χ0n) is 26.7. The molecule has 230 valence electrons. The summed E-state index contributed by atoms with van der Waals surface area (Å²) in [5.41, 5.74) is 13.6. The molecule has 2 unspecified atom stereocenters. The zero-order valence-corrected chi connectivity index (χ0v) is 26.7. The third kappa shape index (κ3) is 6.36. The Labute approximate surface area is 282 Å². The standard InChI is InChI=1S/C45H35N3/c1-5-13-32(14-6-1)36-21-23-46-42(28-36)40-25-38(26-41(27-40)43-29-37(22-24-47-43)33-15-7-2-8-16-33)39-30-44(34-17-9-3-10-18-34)48-45(31-39)35-19-11-4-12-20-35/h1-25,27-28,30-31,41,43H,26,29H2. The van der Waals surface area contributed by atoms with Gasteiger partial charge in [0.2, 0.25) is 0 Å². The number of nitrogens with zero attached hydrogens (tertiary/aromatic N) is 3. The molecule has 0 fully saturated rings. The largest absolute Gasteiger partial charge is 0.289 e. The van der Waals surface area contributed by atoms with Crippen molar-refractivity contribution in [2.45, 2.75) is 18.9 Å². The lowest BCUT2D eigenvalue weighted by molar-refractivity contribution is 0.520. The maximum atomic E-state index is 5.16. The number of aromatic nitrogens is 2. The van der Waals surface area contributed by atoms with Crippen molar-refractivity contribution >= 4 is 22.9 Å². The molecule has 1 aliphatic carbocycles. The Kier molecular flexibility index (Phi) is 8.25. The fourth-order valence-electron chi connectivity index (χ4n) is 6.79. The van der Waals surface area contributed by atoms with Crippen molar-refractivity contribution in [3.8, 4) is 33.6 Å². The van der Waals surface area contributed by atoms with Gasteiger partial charge < -0.3 is 0 Å². The fourth-order valence-corrected chi connectivity index (χ4v) is 6.79. The SMILES string of the molecule is C1=NC(C2C=C(c3cc(-c4ccccc4)ccn3)C=C(c3cc(-c4ccccc4)nc(-c4ccccc4)c3)C2)CC(c2ccccc2)=C1. The molecule has 0 radical (unpaired) electrons. The van der Waals surface area contributed by atoms with E-state index >= 15 is 0 Å². The molecule has 8 rings (SSSR count). The van der Waals surface area contributed by atoms with Gasteiger partial charge in [0.1, 0.15) is 0 Å². The first kappa shape index (κ1) is 29.5. The second-order valence-electron chi connectivity index (χ2n) is 12.4. The highest BCUT2D eigenvalue weighted by Gasteiger charge is 2.28. The second-order valence-corrected chi connectivity index (χ2v) is 12.4. The van der Waals surface area contributed by atoms with Crippen LogP contribution in [-0.2, 0) is 0 Å². The summed E-state index contributed by atoms with van der Waals surface area (Å²) >= 11 is 0. The minimum atomic E-state index is 0.116. The topological polar surface area (TPSA) is 38.1 Å². The van der Waals surface area contributed by atoms with Gasteiger partial charge in [0.25, 0.3) is 0 Å². The Hall–Kier alpha value is -5.93. The maximum Gasteiger partial charge on any atom is 0.0715 e. The summed E-state index contributed by atoms with van der Waals surface area (Å²) in [6.45, 7) is 0. The van der Waals surface area contributed by atoms with Gasteiger partial charge in [0.05, 0.1) is 23.1 Å². The second kappa shape index (κ2) is 13.4. The summed E-state index contributed by atoms with van der Waals surface area (Å²) in [7, 11) is 0. The van der Waals surface area contributed by atoms with Crippen molar-refractivity contribution in [1.82, 2.24) is 9.97 Å². The molecule has 2 aliphatic rings.